The molecule has 0 aromatic heterocycles. The summed E-state index contributed by atoms with van der Waals surface area (Å²) in [4.78, 5) is 99.7. The van der Waals surface area contributed by atoms with Gasteiger partial charge in [0.15, 0.2) is 18.1 Å². The largest absolute Gasteiger partial charge is 0.493 e. The molecule has 18 nitrogen and oxygen atoms in total. The molecule has 0 aliphatic carbocycles. The fourth-order valence-electron chi connectivity index (χ4n) is 10.3. The Bertz CT molecular complexity index is 2390. The third-order valence-electron chi connectivity index (χ3n) is 14.9. The fraction of sp³-hybridized carbons (Fsp3) is 0.611. The summed E-state index contributed by atoms with van der Waals surface area (Å²) in [7, 11) is 6.55. The van der Waals surface area contributed by atoms with Crippen molar-refractivity contribution in [3.8, 4) is 17.2 Å². The number of ether oxygens (including phenoxy) is 4. The molecule has 8 atom stereocenters. The van der Waals surface area contributed by atoms with Crippen molar-refractivity contribution in [1.29, 1.82) is 0 Å². The zero-order valence-corrected chi connectivity index (χ0v) is 44.7. The highest BCUT2D eigenvalue weighted by Crippen LogP contribution is 2.52. The minimum atomic E-state index is -1.17. The molecule has 4 aliphatic heterocycles. The van der Waals surface area contributed by atoms with E-state index in [0.717, 1.165) is 18.4 Å². The number of rotatable bonds is 25. The number of aryl methyl sites for hydroxylation is 1. The zero-order valence-electron chi connectivity index (χ0n) is 43.8. The number of amides is 4. The molecular weight excluding hydrogens is 959 g/mol. The van der Waals surface area contributed by atoms with Crippen molar-refractivity contribution in [2.24, 2.45) is 17.3 Å². The summed E-state index contributed by atoms with van der Waals surface area (Å²) < 4.78 is 23.2. The molecule has 3 fully saturated rings. The number of unbranched alkanes of at least 4 members (excludes halogenated alkanes) is 2. The Morgan fingerprint density at radius 3 is 2.38 bits per heavy atom. The molecule has 2 aromatic rings. The minimum Gasteiger partial charge on any atom is -0.493 e. The Hall–Kier alpha value is -5.66. The van der Waals surface area contributed by atoms with Gasteiger partial charge in [0.1, 0.15) is 23.6 Å². The van der Waals surface area contributed by atoms with E-state index in [2.05, 4.69) is 10.2 Å². The fourth-order valence-corrected chi connectivity index (χ4v) is 11.9. The molecule has 2 aromatic carbocycles. The number of carbonyl (C=O) groups excluding carboxylic acids is 6. The SMILES string of the molecule is CCC(C)(C)C(=O)C(=O)N1CCCC[C@H]1C(=O)O[C@H](CCc1ccc(OC)c(OC)c1)c1cccc(OCC(=O)NCCCCCN2C[C@@H](SC3=C(C(=O)O)N4C(=O)[C@H]([C@@H](C)O)[C@H]4[C@H]3C)C[C@H]2C(=O)N(C)C)c1. The van der Waals surface area contributed by atoms with Gasteiger partial charge in [-0.15, -0.1) is 11.8 Å². The summed E-state index contributed by atoms with van der Waals surface area (Å²) in [6, 6.07) is 10.9. The van der Waals surface area contributed by atoms with Gasteiger partial charge in [-0.05, 0) is 107 Å². The van der Waals surface area contributed by atoms with Crippen LogP contribution < -0.4 is 19.5 Å². The van der Waals surface area contributed by atoms with Crippen LogP contribution in [0, 0.1) is 17.3 Å². The first-order valence-electron chi connectivity index (χ1n) is 25.6. The highest BCUT2D eigenvalue weighted by molar-refractivity contribution is 8.03. The highest BCUT2D eigenvalue weighted by Gasteiger charge is 2.60. The standard InChI is InChI=1S/C54H75N5O13S/c1-10-54(4,5)48(62)51(65)58-26-15-12-19-38(58)53(68)72-40(22-20-34-21-23-41(69-8)42(27-34)70-9)35-17-16-18-36(28-35)71-31-43(61)55-24-13-11-14-25-57-30-37(29-39(57)49(63)56(6)7)73-47-32(2)45-44(33(3)60)50(64)59(45)46(47)52(66)67/h16-18,21,23,27-28,32-33,37-40,44-45,60H,10-15,19-20,22,24-26,29-31H2,1-9H3,(H,55,61)(H,66,67)/t32-,33-,37+,38+,39+,40-,44-,45-/m1/s1. The molecule has 6 rings (SSSR count). The lowest BCUT2D eigenvalue weighted by molar-refractivity contribution is -0.164. The quantitative estimate of drug-likeness (QED) is 0.0491. The van der Waals surface area contributed by atoms with Crippen LogP contribution >= 0.6 is 11.8 Å². The number of aliphatic hydroxyl groups excluding tert-OH is 1. The number of likely N-dealkylation sites (N-methyl/N-ethyl adjacent to an activating group) is 1. The third-order valence-corrected chi connectivity index (χ3v) is 16.4. The van der Waals surface area contributed by atoms with Gasteiger partial charge in [-0.25, -0.2) is 9.59 Å². The third kappa shape index (κ3) is 13.2. The van der Waals surface area contributed by atoms with E-state index in [1.54, 1.807) is 72.2 Å². The smallest absolute Gasteiger partial charge is 0.353 e. The number of likely N-dealkylation sites (tertiary alicyclic amines) is 2. The van der Waals surface area contributed by atoms with Crippen LogP contribution in [0.4, 0.5) is 0 Å². The number of ketones is 1. The maximum atomic E-state index is 14.1. The number of thioether (sulfide) groups is 1. The molecule has 0 bridgehead atoms. The van der Waals surface area contributed by atoms with Crippen molar-refractivity contribution in [3.63, 3.8) is 0 Å². The van der Waals surface area contributed by atoms with Crippen molar-refractivity contribution < 1.29 is 62.7 Å². The molecule has 0 unspecified atom stereocenters. The highest BCUT2D eigenvalue weighted by atomic mass is 32.2. The maximum absolute atomic E-state index is 14.1. The maximum Gasteiger partial charge on any atom is 0.353 e. The van der Waals surface area contributed by atoms with Crippen LogP contribution in [-0.4, -0.2) is 162 Å². The second kappa shape index (κ2) is 25.0. The van der Waals surface area contributed by atoms with Crippen molar-refractivity contribution in [3.05, 3.63) is 64.2 Å². The monoisotopic (exact) mass is 1030 g/mol. The molecule has 4 aliphatic rings. The van der Waals surface area contributed by atoms with E-state index in [9.17, 15) is 43.8 Å². The number of benzene rings is 2. The molecule has 0 spiro atoms. The number of carbonyl (C=O) groups is 7. The van der Waals surface area contributed by atoms with Gasteiger partial charge >= 0.3 is 11.9 Å². The summed E-state index contributed by atoms with van der Waals surface area (Å²) in [6.45, 7) is 10.4. The predicted molar refractivity (Wildman–Crippen MR) is 274 cm³/mol. The average molecular weight is 1030 g/mol. The van der Waals surface area contributed by atoms with Crippen LogP contribution in [0.15, 0.2) is 53.1 Å². The van der Waals surface area contributed by atoms with Crippen LogP contribution in [0.3, 0.4) is 0 Å². The number of fused-ring (bicyclic) bond motifs is 1. The van der Waals surface area contributed by atoms with Crippen molar-refractivity contribution >= 4 is 53.1 Å². The van der Waals surface area contributed by atoms with E-state index in [4.69, 9.17) is 18.9 Å². The molecule has 0 radical (unpaired) electrons. The summed E-state index contributed by atoms with van der Waals surface area (Å²) >= 11 is 1.43. The zero-order chi connectivity index (χ0) is 53.3. The number of esters is 1. The molecule has 0 saturated carbocycles. The van der Waals surface area contributed by atoms with E-state index in [1.807, 2.05) is 38.1 Å². The number of Topliss-reactive ketones (excluding diaryl/α,β-unsaturated/α-hetero) is 1. The van der Waals surface area contributed by atoms with E-state index >= 15 is 0 Å². The molecule has 19 heteroatoms. The number of β-lactam (4-membered cyclic amide) rings is 1. The lowest BCUT2D eigenvalue weighted by Gasteiger charge is -2.46. The molecule has 3 N–H and O–H groups in total. The predicted octanol–water partition coefficient (Wildman–Crippen LogP) is 5.39. The number of nitrogens with zero attached hydrogens (tertiary/aromatic N) is 4. The number of carboxylic acid groups (broad SMARTS) is 1. The lowest BCUT2D eigenvalue weighted by Crippen LogP contribution is -2.63. The number of piperidine rings is 1. The Labute approximate surface area is 433 Å². The summed E-state index contributed by atoms with van der Waals surface area (Å²) in [5.41, 5.74) is 0.652. The molecule has 3 saturated heterocycles. The average Bonchev–Trinajstić information content (AvgIpc) is 3.89. The van der Waals surface area contributed by atoms with Crippen molar-refractivity contribution in [2.75, 3.05) is 61.1 Å². The number of hydrogen-bond acceptors (Lipinski definition) is 14. The number of carboxylic acids is 1. The lowest BCUT2D eigenvalue weighted by atomic mass is 9.79. The molecule has 4 amide bonds. The number of aliphatic hydroxyl groups is 1. The Kier molecular flexibility index (Phi) is 19.4. The first-order valence-corrected chi connectivity index (χ1v) is 26.5. The molecule has 400 valence electrons. The number of aliphatic carboxylic acids is 1. The Morgan fingerprint density at radius 1 is 0.973 bits per heavy atom. The molecular formula is C54H75N5O13S. The van der Waals surface area contributed by atoms with Gasteiger partial charge in [-0.2, -0.15) is 0 Å². The van der Waals surface area contributed by atoms with Gasteiger partial charge in [-0.3, -0.25) is 28.9 Å². The van der Waals surface area contributed by atoms with Crippen LogP contribution in [-0.2, 0) is 44.7 Å². The topological polar surface area (TPSA) is 222 Å². The number of nitrogens with one attached hydrogen (secondary N) is 1. The van der Waals surface area contributed by atoms with E-state index in [-0.39, 0.29) is 53.8 Å². The van der Waals surface area contributed by atoms with E-state index < -0.39 is 59.3 Å². The van der Waals surface area contributed by atoms with Crippen LogP contribution in [0.5, 0.6) is 17.2 Å². The Balaban J connectivity index is 1.02. The number of hydrogen-bond donors (Lipinski definition) is 3. The first kappa shape index (κ1) is 56.6. The van der Waals surface area contributed by atoms with Gasteiger partial charge in [0.25, 0.3) is 11.8 Å². The van der Waals surface area contributed by atoms with Gasteiger partial charge < -0.3 is 49.2 Å². The van der Waals surface area contributed by atoms with Crippen LogP contribution in [0.2, 0.25) is 0 Å². The van der Waals surface area contributed by atoms with Gasteiger partial charge in [0, 0.05) is 55.2 Å². The first-order chi connectivity index (χ1) is 34.7. The van der Waals surface area contributed by atoms with Crippen molar-refractivity contribution in [2.45, 2.75) is 134 Å². The normalized spacial score (nSPS) is 22.7. The van der Waals surface area contributed by atoms with Gasteiger partial charge in [0.05, 0.1) is 38.3 Å². The minimum absolute atomic E-state index is 0.0189. The second-order valence-corrected chi connectivity index (χ2v) is 21.8. The molecule has 73 heavy (non-hydrogen) atoms. The summed E-state index contributed by atoms with van der Waals surface area (Å²) in [5.74, 6) is -3.07. The summed E-state index contributed by atoms with van der Waals surface area (Å²) in [6.07, 6.45) is 4.13. The summed E-state index contributed by atoms with van der Waals surface area (Å²) in [5, 5.41) is 23.3. The second-order valence-electron chi connectivity index (χ2n) is 20.5. The van der Waals surface area contributed by atoms with Gasteiger partial charge in [0.2, 0.25) is 17.6 Å². The number of methoxy groups -OCH3 is 2. The van der Waals surface area contributed by atoms with Crippen molar-refractivity contribution in [1.82, 2.24) is 24.9 Å². The van der Waals surface area contributed by atoms with Gasteiger partial charge in [-0.1, -0.05) is 52.3 Å². The molecule has 4 heterocycles. The van der Waals surface area contributed by atoms with Crippen LogP contribution in [0.1, 0.15) is 110 Å². The van der Waals surface area contributed by atoms with Crippen LogP contribution in [0.25, 0.3) is 0 Å². The van der Waals surface area contributed by atoms with E-state index in [1.165, 1.54) is 21.6 Å². The van der Waals surface area contributed by atoms with E-state index in [0.29, 0.717) is 98.7 Å². The Morgan fingerprint density at radius 2 is 1.71 bits per heavy atom.